The van der Waals surface area contributed by atoms with Gasteiger partial charge in [0.1, 0.15) is 5.01 Å². The molecule has 1 atom stereocenters. The summed E-state index contributed by atoms with van der Waals surface area (Å²) in [4.78, 5) is 19.7. The largest absolute Gasteiger partial charge is 0.324 e. The van der Waals surface area contributed by atoms with Crippen LogP contribution in [0, 0.1) is 0 Å². The molecule has 0 unspecified atom stereocenters. The van der Waals surface area contributed by atoms with Gasteiger partial charge in [-0.3, -0.25) is 9.69 Å². The van der Waals surface area contributed by atoms with Crippen molar-refractivity contribution < 1.29 is 4.79 Å². The molecule has 1 aromatic heterocycles. The van der Waals surface area contributed by atoms with Gasteiger partial charge in [-0.1, -0.05) is 58.0 Å². The number of amides is 1. The van der Waals surface area contributed by atoms with Crippen LogP contribution in [0.15, 0.2) is 42.5 Å². The fourth-order valence-electron chi connectivity index (χ4n) is 3.50. The first-order chi connectivity index (χ1) is 13.8. The van der Waals surface area contributed by atoms with Crippen molar-refractivity contribution >= 4 is 33.1 Å². The second-order valence-corrected chi connectivity index (χ2v) is 9.34. The van der Waals surface area contributed by atoms with E-state index in [1.807, 2.05) is 25.2 Å². The third-order valence-corrected chi connectivity index (χ3v) is 6.57. The number of rotatable bonds is 7. The predicted octanol–water partition coefficient (Wildman–Crippen LogP) is 6.17. The lowest BCUT2D eigenvalue weighted by atomic mass is 9.92. The number of hydrogen-bond acceptors (Lipinski definition) is 4. The van der Waals surface area contributed by atoms with Crippen molar-refractivity contribution in [3.63, 3.8) is 0 Å². The summed E-state index contributed by atoms with van der Waals surface area (Å²) in [6.45, 7) is 11.1. The maximum absolute atomic E-state index is 12.9. The summed E-state index contributed by atoms with van der Waals surface area (Å²) < 4.78 is 1.18. The van der Waals surface area contributed by atoms with Crippen LogP contribution in [0.2, 0.25) is 0 Å². The Labute approximate surface area is 178 Å². The van der Waals surface area contributed by atoms with E-state index in [4.69, 9.17) is 4.98 Å². The predicted molar refractivity (Wildman–Crippen MR) is 124 cm³/mol. The Morgan fingerprint density at radius 2 is 1.62 bits per heavy atom. The highest BCUT2D eigenvalue weighted by atomic mass is 32.1. The third kappa shape index (κ3) is 4.85. The van der Waals surface area contributed by atoms with Crippen LogP contribution >= 0.6 is 11.3 Å². The number of para-hydroxylation sites is 2. The molecule has 0 radical (unpaired) electrons. The van der Waals surface area contributed by atoms with E-state index in [-0.39, 0.29) is 11.9 Å². The van der Waals surface area contributed by atoms with Gasteiger partial charge in [-0.2, -0.15) is 0 Å². The Kier molecular flexibility index (Phi) is 6.70. The minimum atomic E-state index is 0.00969. The number of hydrogen-bond donors (Lipinski definition) is 1. The Hall–Kier alpha value is -2.24. The molecule has 1 N–H and O–H groups in total. The second kappa shape index (κ2) is 9.06. The first-order valence-corrected chi connectivity index (χ1v) is 11.1. The second-order valence-electron chi connectivity index (χ2n) is 8.28. The van der Waals surface area contributed by atoms with E-state index in [9.17, 15) is 4.79 Å². The molecular weight excluding hydrogens is 378 g/mol. The molecule has 0 aliphatic carbocycles. The molecule has 1 amide bonds. The molecule has 154 valence electrons. The monoisotopic (exact) mass is 409 g/mol. The summed E-state index contributed by atoms with van der Waals surface area (Å²) in [7, 11) is 1.98. The van der Waals surface area contributed by atoms with Crippen molar-refractivity contribution in [2.45, 2.75) is 52.5 Å². The third-order valence-electron chi connectivity index (χ3n) is 5.36. The number of anilines is 1. The minimum Gasteiger partial charge on any atom is -0.324 e. The average molecular weight is 410 g/mol. The van der Waals surface area contributed by atoms with Crippen molar-refractivity contribution in [3.8, 4) is 0 Å². The number of thiazole rings is 1. The number of carbonyl (C=O) groups is 1. The first kappa shape index (κ1) is 21.5. The van der Waals surface area contributed by atoms with Gasteiger partial charge in [-0.05, 0) is 49.1 Å². The molecule has 1 heterocycles. The summed E-state index contributed by atoms with van der Waals surface area (Å²) in [6.07, 6.45) is 0. The Morgan fingerprint density at radius 3 is 2.21 bits per heavy atom. The van der Waals surface area contributed by atoms with Crippen LogP contribution in [0.1, 0.15) is 68.6 Å². The molecule has 0 aliphatic heterocycles. The van der Waals surface area contributed by atoms with Gasteiger partial charge in [-0.25, -0.2) is 4.98 Å². The number of carbonyl (C=O) groups excluding carboxylic acids is 1. The summed E-state index contributed by atoms with van der Waals surface area (Å²) in [5.74, 6) is 0.710. The summed E-state index contributed by atoms with van der Waals surface area (Å²) in [5, 5.41) is 4.24. The van der Waals surface area contributed by atoms with E-state index in [0.717, 1.165) is 16.2 Å². The fraction of sp³-hybridized carbons (Fsp3) is 0.417. The number of aromatic nitrogens is 1. The van der Waals surface area contributed by atoms with Crippen molar-refractivity contribution in [2.24, 2.45) is 0 Å². The zero-order valence-corrected chi connectivity index (χ0v) is 19.0. The van der Waals surface area contributed by atoms with Gasteiger partial charge in [0.15, 0.2) is 0 Å². The minimum absolute atomic E-state index is 0.00969. The topological polar surface area (TPSA) is 45.2 Å². The Bertz CT molecular complexity index is 933. The number of nitrogens with zero attached hydrogens (tertiary/aromatic N) is 2. The van der Waals surface area contributed by atoms with Gasteiger partial charge >= 0.3 is 0 Å². The lowest BCUT2D eigenvalue weighted by molar-refractivity contribution is -0.117. The first-order valence-electron chi connectivity index (χ1n) is 10.3. The zero-order chi connectivity index (χ0) is 21.1. The van der Waals surface area contributed by atoms with E-state index in [2.05, 4.69) is 69.1 Å². The quantitative estimate of drug-likeness (QED) is 0.507. The number of benzene rings is 2. The molecule has 3 aromatic rings. The van der Waals surface area contributed by atoms with Gasteiger partial charge in [0, 0.05) is 5.69 Å². The Morgan fingerprint density at radius 1 is 1.00 bits per heavy atom. The summed E-state index contributed by atoms with van der Waals surface area (Å²) in [6, 6.07) is 14.5. The fourth-order valence-corrected chi connectivity index (χ4v) is 4.58. The molecule has 4 nitrogen and oxygen atoms in total. The van der Waals surface area contributed by atoms with E-state index in [0.29, 0.717) is 18.4 Å². The van der Waals surface area contributed by atoms with Crippen LogP contribution in [0.25, 0.3) is 10.2 Å². The molecule has 0 fully saturated rings. The van der Waals surface area contributed by atoms with Crippen molar-refractivity contribution in [2.75, 3.05) is 18.9 Å². The molecule has 3 rings (SSSR count). The number of nitrogens with one attached hydrogen (secondary N) is 1. The zero-order valence-electron chi connectivity index (χ0n) is 18.2. The van der Waals surface area contributed by atoms with Crippen LogP contribution < -0.4 is 5.32 Å². The molecule has 0 saturated carbocycles. The molecule has 29 heavy (non-hydrogen) atoms. The molecule has 2 aromatic carbocycles. The van der Waals surface area contributed by atoms with Crippen molar-refractivity contribution in [1.29, 1.82) is 0 Å². The summed E-state index contributed by atoms with van der Waals surface area (Å²) >= 11 is 1.69. The van der Waals surface area contributed by atoms with Crippen molar-refractivity contribution in [3.05, 3.63) is 58.6 Å². The molecule has 0 bridgehead atoms. The van der Waals surface area contributed by atoms with Crippen LogP contribution in [0.4, 0.5) is 5.69 Å². The molecule has 0 saturated heterocycles. The molecule has 5 heteroatoms. The number of fused-ring (bicyclic) bond motifs is 1. The van der Waals surface area contributed by atoms with E-state index in [1.54, 1.807) is 11.3 Å². The standard InChI is InChI=1S/C24H31N3OS/c1-15(2)18-10-9-11-19(16(3)4)23(18)26-22(28)14-27(6)17(5)24-25-20-12-7-8-13-21(20)29-24/h7-13,15-17H,14H2,1-6H3,(H,26,28)/t17-/m1/s1. The van der Waals surface area contributed by atoms with E-state index >= 15 is 0 Å². The highest BCUT2D eigenvalue weighted by Crippen LogP contribution is 2.33. The maximum atomic E-state index is 12.9. The van der Waals surface area contributed by atoms with Gasteiger partial charge < -0.3 is 5.32 Å². The highest BCUT2D eigenvalue weighted by Gasteiger charge is 2.21. The molecular formula is C24H31N3OS. The van der Waals surface area contributed by atoms with E-state index < -0.39 is 0 Å². The Balaban J connectivity index is 1.75. The van der Waals surface area contributed by atoms with Gasteiger partial charge in [0.05, 0.1) is 22.8 Å². The van der Waals surface area contributed by atoms with Crippen LogP contribution in [0.3, 0.4) is 0 Å². The van der Waals surface area contributed by atoms with Gasteiger partial charge in [-0.15, -0.1) is 11.3 Å². The van der Waals surface area contributed by atoms with Crippen LogP contribution in [-0.2, 0) is 4.79 Å². The van der Waals surface area contributed by atoms with Gasteiger partial charge in [0.2, 0.25) is 5.91 Å². The molecule has 0 aliphatic rings. The molecule has 0 spiro atoms. The van der Waals surface area contributed by atoms with E-state index in [1.165, 1.54) is 15.8 Å². The van der Waals surface area contributed by atoms with Crippen LogP contribution in [-0.4, -0.2) is 29.4 Å². The smallest absolute Gasteiger partial charge is 0.238 e. The maximum Gasteiger partial charge on any atom is 0.238 e. The van der Waals surface area contributed by atoms with Crippen molar-refractivity contribution in [1.82, 2.24) is 9.88 Å². The normalized spacial score (nSPS) is 12.9. The lowest BCUT2D eigenvalue weighted by Crippen LogP contribution is -2.32. The van der Waals surface area contributed by atoms with Gasteiger partial charge in [0.25, 0.3) is 0 Å². The lowest BCUT2D eigenvalue weighted by Gasteiger charge is -2.24. The van der Waals surface area contributed by atoms with Crippen LogP contribution in [0.5, 0.6) is 0 Å². The highest BCUT2D eigenvalue weighted by molar-refractivity contribution is 7.18. The SMILES string of the molecule is CC(C)c1cccc(C(C)C)c1NC(=O)CN(C)[C@H](C)c1nc2ccccc2s1. The average Bonchev–Trinajstić information content (AvgIpc) is 3.11. The summed E-state index contributed by atoms with van der Waals surface area (Å²) in [5.41, 5.74) is 4.37. The number of likely N-dealkylation sites (N-methyl/N-ethyl adjacent to an activating group) is 1.